The van der Waals surface area contributed by atoms with Gasteiger partial charge in [-0.05, 0) is 103 Å². The van der Waals surface area contributed by atoms with Crippen LogP contribution in [0.3, 0.4) is 0 Å². The molecule has 110 heavy (non-hydrogen) atoms. The van der Waals surface area contributed by atoms with E-state index in [2.05, 4.69) is 47.9 Å². The highest BCUT2D eigenvalue weighted by Gasteiger charge is 2.49. The number of aliphatic hydroxyl groups excluding tert-OH is 6. The van der Waals surface area contributed by atoms with Crippen molar-refractivity contribution in [2.24, 2.45) is 35.1 Å². The van der Waals surface area contributed by atoms with Gasteiger partial charge in [0.1, 0.15) is 96.7 Å². The number of fused-ring (bicyclic) bond motifs is 1. The van der Waals surface area contributed by atoms with E-state index in [0.717, 1.165) is 49.8 Å². The Morgan fingerprint density at radius 2 is 1.41 bits per heavy atom. The normalized spacial score (nSPS) is 27.5. The van der Waals surface area contributed by atoms with Crippen molar-refractivity contribution in [3.8, 4) is 5.75 Å². The lowest BCUT2D eigenvalue weighted by molar-refractivity contribution is -0.268. The molecule has 3 saturated heterocycles. The maximum absolute atomic E-state index is 15.7. The van der Waals surface area contributed by atoms with Crippen LogP contribution in [0.1, 0.15) is 127 Å². The van der Waals surface area contributed by atoms with Gasteiger partial charge in [-0.2, -0.15) is 0 Å². The predicted molar refractivity (Wildman–Crippen MR) is 390 cm³/mol. The number of methoxy groups -OCH3 is 2. The summed E-state index contributed by atoms with van der Waals surface area (Å²) in [6, 6.07) is -12.3. The number of benzene rings is 1. The molecule has 1 aromatic rings. The van der Waals surface area contributed by atoms with Crippen molar-refractivity contribution in [3.05, 3.63) is 53.6 Å². The molecule has 3 fully saturated rings. The Hall–Kier alpha value is -8.83. The van der Waals surface area contributed by atoms with E-state index < -0.39 is 242 Å². The molecular weight excluding hydrogens is 1450 g/mol. The van der Waals surface area contributed by atoms with Crippen molar-refractivity contribution in [2.75, 3.05) is 47.5 Å². The maximum Gasteiger partial charge on any atom is 0.329 e. The molecule has 20 N–H and O–H groups in total. The van der Waals surface area contributed by atoms with Gasteiger partial charge >= 0.3 is 5.97 Å². The summed E-state index contributed by atoms with van der Waals surface area (Å²) in [5, 5.41) is 96.6. The molecule has 1 aromatic carbocycles. The van der Waals surface area contributed by atoms with Gasteiger partial charge in [-0.1, -0.05) is 83.9 Å². The number of hydrogen-bond acceptors (Lipinski definition) is 26. The number of rotatable bonds is 29. The number of hydrogen-bond donors (Lipinski definition) is 18. The number of amides is 12. The molecular formula is C72H115N13O25. The van der Waals surface area contributed by atoms with Gasteiger partial charge in [-0.25, -0.2) is 4.79 Å². The van der Waals surface area contributed by atoms with Gasteiger partial charge in [0.05, 0.1) is 38.0 Å². The lowest BCUT2D eigenvalue weighted by atomic mass is 9.87. The second-order valence-electron chi connectivity index (χ2n) is 28.9. The van der Waals surface area contributed by atoms with Crippen LogP contribution in [0.25, 0.3) is 0 Å². The Kier molecular flexibility index (Phi) is 36.2. The van der Waals surface area contributed by atoms with E-state index in [9.17, 15) is 78.9 Å². The zero-order chi connectivity index (χ0) is 83.3. The second-order valence-corrected chi connectivity index (χ2v) is 28.9. The molecule has 0 saturated carbocycles. The first-order valence-electron chi connectivity index (χ1n) is 36.5. The van der Waals surface area contributed by atoms with E-state index in [1.54, 1.807) is 6.92 Å². The number of carbonyl (C=O) groups excluding carboxylic acids is 13. The van der Waals surface area contributed by atoms with Crippen molar-refractivity contribution < 1.29 is 122 Å². The average molecular weight is 1560 g/mol. The van der Waals surface area contributed by atoms with Crippen molar-refractivity contribution in [1.29, 1.82) is 0 Å². The lowest BCUT2D eigenvalue weighted by Gasteiger charge is -2.40. The monoisotopic (exact) mass is 1560 g/mol. The molecule has 38 heteroatoms. The largest absolute Gasteiger partial charge is 0.462 e. The van der Waals surface area contributed by atoms with Crippen LogP contribution in [0.15, 0.2) is 48.1 Å². The number of nitrogens with zero attached hydrogens (tertiary/aromatic N) is 2. The van der Waals surface area contributed by atoms with Crippen LogP contribution < -0.4 is 64.1 Å². The molecule has 3 aliphatic heterocycles. The minimum Gasteiger partial charge on any atom is -0.462 e. The summed E-state index contributed by atoms with van der Waals surface area (Å²) in [5.41, 5.74) is 10.5. The van der Waals surface area contributed by atoms with Crippen LogP contribution in [0.2, 0.25) is 0 Å². The van der Waals surface area contributed by atoms with E-state index in [1.807, 2.05) is 19.9 Å². The van der Waals surface area contributed by atoms with Gasteiger partial charge in [0.2, 0.25) is 71.3 Å². The lowest BCUT2D eigenvalue weighted by Crippen LogP contribution is -2.66. The van der Waals surface area contributed by atoms with Crippen LogP contribution in [0, 0.1) is 23.7 Å². The molecule has 3 aliphatic rings. The number of aliphatic hydroxyl groups is 7. The number of nitrogens with two attached hydrogens (primary N) is 2. The number of piperidine rings is 1. The van der Waals surface area contributed by atoms with Crippen LogP contribution in [0.4, 0.5) is 0 Å². The molecule has 618 valence electrons. The molecule has 0 spiro atoms. The van der Waals surface area contributed by atoms with Crippen molar-refractivity contribution in [2.45, 2.75) is 243 Å². The summed E-state index contributed by atoms with van der Waals surface area (Å²) in [7, 11) is 3.47. The minimum atomic E-state index is -2.48. The van der Waals surface area contributed by atoms with Gasteiger partial charge in [0, 0.05) is 39.8 Å². The SMILES string of the molecule is CCC(C)/C=C(C)/C=C\C(O)C(C)(O)C(=O)NCC(=O)N[C@H](C(=O)N[C@H](C(=O)N[C@H](C(=O)N[C@H]1C(=O)N[C@H](COC)C(=O)NCC(=O)N[C@@H](C)C(=O)N(C)[C@@H]([C@@H](C)O)C(=O)N[C@H]([C@H](OC)c2ccc(O[C@@H]3O[C@@H](C)[C@H](O)[C@@H](O)[C@H]3O)cc2)C(=O)N2CCCC[C@H]2C(=O)O[C@@H]1C(C)C)[C@@H](C)[C@@H](C)C(N)=O)[C@@H](C)N)[C@@H](C)O. The summed E-state index contributed by atoms with van der Waals surface area (Å²) in [4.78, 5) is 188. The first-order valence-corrected chi connectivity index (χ1v) is 36.5. The van der Waals surface area contributed by atoms with E-state index in [4.69, 9.17) is 35.2 Å². The fraction of sp³-hybridized carbons (Fsp3) is 0.681. The average Bonchev–Trinajstić information content (AvgIpc) is 0.792. The molecule has 0 radical (unpaired) electrons. The third-order valence-corrected chi connectivity index (χ3v) is 19.6. The Balaban J connectivity index is 1.83. The minimum absolute atomic E-state index is 0.0365. The number of likely N-dealkylation sites (N-methyl/N-ethyl adjacent to an activating group) is 1. The summed E-state index contributed by atoms with van der Waals surface area (Å²) in [5.74, 6) is -18.3. The maximum atomic E-state index is 15.7. The fourth-order valence-corrected chi connectivity index (χ4v) is 12.4. The molecule has 0 aromatic heterocycles. The predicted octanol–water partition coefficient (Wildman–Crippen LogP) is -5.81. The number of allylic oxidation sites excluding steroid dienone is 3. The summed E-state index contributed by atoms with van der Waals surface area (Å²) in [6.45, 7) is 15.8. The van der Waals surface area contributed by atoms with Crippen LogP contribution in [-0.2, 0) is 81.3 Å². The summed E-state index contributed by atoms with van der Waals surface area (Å²) in [6.07, 6.45) is -9.99. The molecule has 38 nitrogen and oxygen atoms in total. The second kappa shape index (κ2) is 42.5. The third-order valence-electron chi connectivity index (χ3n) is 19.6. The highest BCUT2D eigenvalue weighted by molar-refractivity contribution is 6.00. The first-order chi connectivity index (χ1) is 51.4. The standard InChI is InChI=1S/C72H115N13O25/c1-17-33(4)28-34(5)21-26-46(88)72(13,105)71(104)76-30-48(90)79-51(39(10)86)64(98)81-50(37(8)73)63(97)80-49(35(6)36(7)60(74)94)62(96)82-52-58(32(2)3)110-69(103)45-20-18-19-27-85(45)68(102)53(59(107-16)42-22-24-43(25-23-42)109-70-57(93)56(92)55(91)41(12)108-70)83-66(100)54(40(11)87)84(14)67(101)38(9)77-47(89)29-75-61(95)44(31-106-15)78-65(52)99/h21-26,28,32-33,35-41,44-46,49-59,70,86-88,91-93,105H,17-20,27,29-31,73H2,1-16H3,(H2,74,94)(H,75,95)(H,76,104)(H,77,89)(H,78,99)(H,79,90)(H,80,97)(H,81,98)(H,82,96)(H,83,100)/b26-21-,34-28+/t33?,35-,36+,37+,38-,39+,40+,41-,44+,45-,46?,49-,50-,51-,52+,53+,54-,55-,56+,57+,58+,59+,70-,72?/m0/s1. The quantitative estimate of drug-likeness (QED) is 0.0262. The van der Waals surface area contributed by atoms with Gasteiger partial charge < -0.3 is 129 Å². The fourth-order valence-electron chi connectivity index (χ4n) is 12.4. The van der Waals surface area contributed by atoms with E-state index in [1.165, 1.54) is 98.9 Å². The number of nitrogens with one attached hydrogen (secondary N) is 9. The van der Waals surface area contributed by atoms with Gasteiger partial charge in [0.15, 0.2) is 5.60 Å². The molecule has 4 rings (SSSR count). The number of ether oxygens (including phenoxy) is 5. The molecule has 3 heterocycles. The topological polar surface area (TPSA) is 576 Å². The number of primary amides is 1. The Morgan fingerprint density at radius 1 is 0.791 bits per heavy atom. The molecule has 3 unspecified atom stereocenters. The highest BCUT2D eigenvalue weighted by atomic mass is 16.7. The Bertz CT molecular complexity index is 3430. The smallest absolute Gasteiger partial charge is 0.329 e. The number of carbonyl (C=O) groups is 13. The van der Waals surface area contributed by atoms with E-state index in [-0.39, 0.29) is 43.0 Å². The van der Waals surface area contributed by atoms with Crippen LogP contribution in [-0.4, -0.2) is 291 Å². The molecule has 0 bridgehead atoms. The number of esters is 1. The van der Waals surface area contributed by atoms with E-state index in [0.29, 0.717) is 0 Å². The molecule has 0 aliphatic carbocycles. The third kappa shape index (κ3) is 25.3. The first kappa shape index (κ1) is 93.5. The Labute approximate surface area is 638 Å². The zero-order valence-corrected chi connectivity index (χ0v) is 65.1. The highest BCUT2D eigenvalue weighted by Crippen LogP contribution is 2.31. The van der Waals surface area contributed by atoms with Crippen LogP contribution in [0.5, 0.6) is 5.75 Å². The van der Waals surface area contributed by atoms with Gasteiger partial charge in [-0.15, -0.1) is 0 Å². The molecule has 24 atom stereocenters. The van der Waals surface area contributed by atoms with Gasteiger partial charge in [-0.3, -0.25) is 57.5 Å². The van der Waals surface area contributed by atoms with Crippen molar-refractivity contribution in [3.63, 3.8) is 0 Å². The van der Waals surface area contributed by atoms with Crippen LogP contribution >= 0.6 is 0 Å². The van der Waals surface area contributed by atoms with Crippen molar-refractivity contribution >= 4 is 76.9 Å². The van der Waals surface area contributed by atoms with Crippen molar-refractivity contribution in [1.82, 2.24) is 57.7 Å². The van der Waals surface area contributed by atoms with Gasteiger partial charge in [0.25, 0.3) is 5.91 Å². The molecule has 12 amide bonds. The number of cyclic esters (lactones) is 1. The summed E-state index contributed by atoms with van der Waals surface area (Å²) >= 11 is 0. The summed E-state index contributed by atoms with van der Waals surface area (Å²) < 4.78 is 28.9. The Morgan fingerprint density at radius 3 is 1.97 bits per heavy atom. The zero-order valence-electron chi connectivity index (χ0n) is 65.1. The van der Waals surface area contributed by atoms with E-state index >= 15 is 19.2 Å².